The Balaban J connectivity index is 2.16. The maximum absolute atomic E-state index is 10.8. The fourth-order valence-electron chi connectivity index (χ4n) is 2.81. The molecular weight excluding hydrogens is 335 g/mol. The molecule has 0 saturated carbocycles. The van der Waals surface area contributed by atoms with Crippen molar-refractivity contribution in [3.05, 3.63) is 35.9 Å². The van der Waals surface area contributed by atoms with Crippen LogP contribution in [0.5, 0.6) is 0 Å². The zero-order chi connectivity index (χ0) is 16.1. The first-order chi connectivity index (χ1) is 10.7. The number of unbranched alkanes of at least 4 members (excludes halogenated alkanes) is 3. The Bertz CT molecular complexity index is 355. The van der Waals surface area contributed by atoms with Crippen LogP contribution in [0.25, 0.3) is 0 Å². The summed E-state index contributed by atoms with van der Waals surface area (Å²) in [6.07, 6.45) is 10.2. The Morgan fingerprint density at radius 1 is 0.864 bits per heavy atom. The summed E-state index contributed by atoms with van der Waals surface area (Å²) in [5.41, 5.74) is 1.10. The Hall–Kier alpha value is -0.301. The summed E-state index contributed by atoms with van der Waals surface area (Å²) >= 11 is 0.715. The Labute approximate surface area is 144 Å². The van der Waals surface area contributed by atoms with E-state index in [0.29, 0.717) is 15.0 Å². The molecule has 0 radical (unpaired) electrons. The monoisotopic (exact) mass is 370 g/mol. The minimum atomic E-state index is -0.377. The van der Waals surface area contributed by atoms with Gasteiger partial charge < -0.3 is 0 Å². The molecule has 0 aromatic heterocycles. The van der Waals surface area contributed by atoms with Gasteiger partial charge in [-0.3, -0.25) is 0 Å². The summed E-state index contributed by atoms with van der Waals surface area (Å²) in [5, 5.41) is 13.4. The standard InChI is InChI=1S/C20H34OSe/c1-3-5-14-20(21,15-6-4-2)16-10-11-17-22-18-19-12-8-7-9-13-19/h7-9,12-13,21H,3-6,10-11,14-18H2,1-2H3. The number of rotatable bonds is 13. The first kappa shape index (κ1) is 19.7. The van der Waals surface area contributed by atoms with Crippen LogP contribution < -0.4 is 0 Å². The first-order valence-corrected chi connectivity index (χ1v) is 11.5. The molecular formula is C20H34OSe. The van der Waals surface area contributed by atoms with Gasteiger partial charge >= 0.3 is 144 Å². The third-order valence-electron chi connectivity index (χ3n) is 4.28. The van der Waals surface area contributed by atoms with Gasteiger partial charge in [-0.2, -0.15) is 0 Å². The molecule has 1 aromatic rings. The van der Waals surface area contributed by atoms with Crippen molar-refractivity contribution in [1.82, 2.24) is 0 Å². The van der Waals surface area contributed by atoms with Crippen LogP contribution in [0.1, 0.15) is 77.2 Å². The van der Waals surface area contributed by atoms with Crippen LogP contribution in [0.3, 0.4) is 0 Å². The predicted molar refractivity (Wildman–Crippen MR) is 98.6 cm³/mol. The Morgan fingerprint density at radius 2 is 1.45 bits per heavy atom. The summed E-state index contributed by atoms with van der Waals surface area (Å²) in [4.78, 5) is 0. The Morgan fingerprint density at radius 3 is 2.05 bits per heavy atom. The van der Waals surface area contributed by atoms with Gasteiger partial charge in [-0.05, 0) is 0 Å². The van der Waals surface area contributed by atoms with Gasteiger partial charge in [0.1, 0.15) is 0 Å². The molecule has 0 aliphatic rings. The first-order valence-electron chi connectivity index (χ1n) is 9.04. The van der Waals surface area contributed by atoms with Crippen molar-refractivity contribution in [2.45, 2.75) is 87.9 Å². The van der Waals surface area contributed by atoms with Crippen molar-refractivity contribution in [1.29, 1.82) is 0 Å². The molecule has 0 saturated heterocycles. The second-order valence-corrected chi connectivity index (χ2v) is 8.75. The van der Waals surface area contributed by atoms with E-state index in [-0.39, 0.29) is 5.60 Å². The van der Waals surface area contributed by atoms with E-state index in [2.05, 4.69) is 44.2 Å². The predicted octanol–water partition coefficient (Wildman–Crippen LogP) is 5.59. The molecule has 1 aromatic carbocycles. The topological polar surface area (TPSA) is 20.2 Å². The summed E-state index contributed by atoms with van der Waals surface area (Å²) in [6.45, 7) is 4.43. The minimum absolute atomic E-state index is 0.377. The maximum atomic E-state index is 10.8. The van der Waals surface area contributed by atoms with Gasteiger partial charge in [0.05, 0.1) is 0 Å². The summed E-state index contributed by atoms with van der Waals surface area (Å²) in [7, 11) is 0. The van der Waals surface area contributed by atoms with Crippen LogP contribution in [-0.2, 0) is 5.32 Å². The summed E-state index contributed by atoms with van der Waals surface area (Å²) < 4.78 is 0. The molecule has 0 amide bonds. The van der Waals surface area contributed by atoms with Gasteiger partial charge in [0.15, 0.2) is 0 Å². The van der Waals surface area contributed by atoms with E-state index < -0.39 is 0 Å². The van der Waals surface area contributed by atoms with Crippen molar-refractivity contribution >= 4 is 15.0 Å². The van der Waals surface area contributed by atoms with Crippen LogP contribution in [-0.4, -0.2) is 25.7 Å². The summed E-state index contributed by atoms with van der Waals surface area (Å²) in [6, 6.07) is 10.8. The molecule has 0 aliphatic heterocycles. The number of hydrogen-bond acceptors (Lipinski definition) is 1. The normalized spacial score (nSPS) is 11.8. The summed E-state index contributed by atoms with van der Waals surface area (Å²) in [5.74, 6) is 0. The molecule has 0 aliphatic carbocycles. The molecule has 22 heavy (non-hydrogen) atoms. The van der Waals surface area contributed by atoms with E-state index in [4.69, 9.17) is 0 Å². The average Bonchev–Trinajstić information content (AvgIpc) is 2.55. The van der Waals surface area contributed by atoms with Crippen molar-refractivity contribution in [3.63, 3.8) is 0 Å². The number of aliphatic hydroxyl groups is 1. The van der Waals surface area contributed by atoms with Crippen molar-refractivity contribution in [2.24, 2.45) is 0 Å². The van der Waals surface area contributed by atoms with E-state index in [1.54, 1.807) is 0 Å². The third-order valence-corrected chi connectivity index (χ3v) is 6.62. The third kappa shape index (κ3) is 8.98. The van der Waals surface area contributed by atoms with Crippen molar-refractivity contribution < 1.29 is 5.11 Å². The number of hydrogen-bond donors (Lipinski definition) is 1. The van der Waals surface area contributed by atoms with E-state index >= 15 is 0 Å². The zero-order valence-electron chi connectivity index (χ0n) is 14.5. The molecule has 0 heterocycles. The molecule has 0 unspecified atom stereocenters. The molecule has 0 bridgehead atoms. The fourth-order valence-corrected chi connectivity index (χ4v) is 4.87. The average molecular weight is 369 g/mol. The fraction of sp³-hybridized carbons (Fsp3) is 0.700. The van der Waals surface area contributed by atoms with Crippen LogP contribution in [0.4, 0.5) is 0 Å². The second-order valence-electron chi connectivity index (χ2n) is 6.43. The molecule has 126 valence electrons. The van der Waals surface area contributed by atoms with Crippen LogP contribution in [0.15, 0.2) is 30.3 Å². The van der Waals surface area contributed by atoms with Gasteiger partial charge in [-0.15, -0.1) is 0 Å². The van der Waals surface area contributed by atoms with Gasteiger partial charge in [-0.25, -0.2) is 0 Å². The molecule has 0 spiro atoms. The molecule has 0 fully saturated rings. The van der Waals surface area contributed by atoms with Gasteiger partial charge in [0.2, 0.25) is 0 Å². The van der Waals surface area contributed by atoms with Crippen molar-refractivity contribution in [2.75, 3.05) is 0 Å². The SMILES string of the molecule is CCCCC(O)(CCCC)CCCC[Se]Cc1ccccc1. The van der Waals surface area contributed by atoms with Gasteiger partial charge in [0, 0.05) is 0 Å². The molecule has 1 N–H and O–H groups in total. The Kier molecular flexibility index (Phi) is 10.9. The molecule has 1 nitrogen and oxygen atoms in total. The molecule has 1 rings (SSSR count). The van der Waals surface area contributed by atoms with Gasteiger partial charge in [-0.1, -0.05) is 0 Å². The van der Waals surface area contributed by atoms with E-state index in [9.17, 15) is 5.11 Å². The quantitative estimate of drug-likeness (QED) is 0.355. The van der Waals surface area contributed by atoms with Crippen LogP contribution >= 0.6 is 0 Å². The van der Waals surface area contributed by atoms with E-state index in [1.165, 1.54) is 41.9 Å². The zero-order valence-corrected chi connectivity index (χ0v) is 16.2. The van der Waals surface area contributed by atoms with Gasteiger partial charge in [0.25, 0.3) is 0 Å². The molecule has 0 atom stereocenters. The van der Waals surface area contributed by atoms with E-state index in [0.717, 1.165) is 32.1 Å². The van der Waals surface area contributed by atoms with Crippen LogP contribution in [0, 0.1) is 0 Å². The van der Waals surface area contributed by atoms with Crippen molar-refractivity contribution in [3.8, 4) is 0 Å². The number of benzene rings is 1. The second kappa shape index (κ2) is 12.2. The van der Waals surface area contributed by atoms with Crippen LogP contribution in [0.2, 0.25) is 5.32 Å². The molecule has 2 heteroatoms. The van der Waals surface area contributed by atoms with E-state index in [1.807, 2.05) is 0 Å².